The van der Waals surface area contributed by atoms with Crippen LogP contribution in [-0.4, -0.2) is 24.9 Å². The first-order chi connectivity index (χ1) is 18.3. The predicted molar refractivity (Wildman–Crippen MR) is 156 cm³/mol. The highest BCUT2D eigenvalue weighted by Gasteiger charge is 2.69. The minimum Gasteiger partial charge on any atom is -0.375 e. The predicted octanol–water partition coefficient (Wildman–Crippen LogP) is 8.89. The Labute approximate surface area is 237 Å². The van der Waals surface area contributed by atoms with Gasteiger partial charge in [-0.05, 0) is 105 Å². The summed E-state index contributed by atoms with van der Waals surface area (Å²) in [6.07, 6.45) is 12.9. The van der Waals surface area contributed by atoms with Crippen molar-refractivity contribution in [1.29, 1.82) is 0 Å². The van der Waals surface area contributed by atoms with Crippen LogP contribution in [0.4, 0.5) is 0 Å². The molecule has 0 aromatic heterocycles. The van der Waals surface area contributed by atoms with Crippen molar-refractivity contribution in [1.82, 2.24) is 0 Å². The van der Waals surface area contributed by atoms with E-state index in [0.29, 0.717) is 28.1 Å². The molecule has 10 atom stereocenters. The first-order valence-electron chi connectivity index (χ1n) is 16.0. The van der Waals surface area contributed by atoms with Crippen LogP contribution in [0.1, 0.15) is 112 Å². The molecule has 3 unspecified atom stereocenters. The van der Waals surface area contributed by atoms with Gasteiger partial charge in [-0.15, -0.1) is 0 Å². The Bertz CT molecular complexity index is 1160. The summed E-state index contributed by atoms with van der Waals surface area (Å²) >= 11 is 0. The van der Waals surface area contributed by atoms with Crippen LogP contribution in [0.5, 0.6) is 0 Å². The molecule has 3 heteroatoms. The number of ether oxygens (including phenoxy) is 3. The Morgan fingerprint density at radius 2 is 1.54 bits per heavy atom. The van der Waals surface area contributed by atoms with E-state index in [1.807, 2.05) is 5.57 Å². The van der Waals surface area contributed by atoms with E-state index in [0.717, 1.165) is 31.1 Å². The maximum Gasteiger partial charge on any atom is 0.184 e. The molecule has 4 aliphatic carbocycles. The largest absolute Gasteiger partial charge is 0.375 e. The van der Waals surface area contributed by atoms with Crippen molar-refractivity contribution < 1.29 is 14.2 Å². The average molecular weight is 533 g/mol. The Hall–Kier alpha value is -1.16. The van der Waals surface area contributed by atoms with Gasteiger partial charge in [0.05, 0.1) is 24.9 Å². The summed E-state index contributed by atoms with van der Waals surface area (Å²) in [5, 5.41) is 0. The first-order valence-corrected chi connectivity index (χ1v) is 16.0. The van der Waals surface area contributed by atoms with E-state index in [1.54, 1.807) is 0 Å². The third kappa shape index (κ3) is 3.58. The van der Waals surface area contributed by atoms with Crippen LogP contribution in [-0.2, 0) is 14.2 Å². The van der Waals surface area contributed by atoms with Crippen molar-refractivity contribution in [3.8, 4) is 0 Å². The molecule has 5 fully saturated rings. The molecule has 1 aromatic carbocycles. The molecule has 0 amide bonds. The van der Waals surface area contributed by atoms with Gasteiger partial charge in [0.2, 0.25) is 0 Å². The molecule has 0 N–H and O–H groups in total. The van der Waals surface area contributed by atoms with E-state index < -0.39 is 0 Å². The minimum atomic E-state index is -0.221. The summed E-state index contributed by atoms with van der Waals surface area (Å²) in [4.78, 5) is 0. The fourth-order valence-corrected chi connectivity index (χ4v) is 11.5. The molecule has 0 spiro atoms. The summed E-state index contributed by atoms with van der Waals surface area (Å²) in [6, 6.07) is 10.6. The molecule has 2 heterocycles. The summed E-state index contributed by atoms with van der Waals surface area (Å²) in [7, 11) is 0. The van der Waals surface area contributed by atoms with Crippen molar-refractivity contribution in [2.45, 2.75) is 118 Å². The third-order valence-corrected chi connectivity index (χ3v) is 14.1. The van der Waals surface area contributed by atoms with Crippen molar-refractivity contribution in [2.75, 3.05) is 13.2 Å². The number of fused-ring (bicyclic) bond motifs is 9. The number of allylic oxidation sites excluding steroid dienone is 2. The van der Waals surface area contributed by atoms with E-state index >= 15 is 0 Å². The van der Waals surface area contributed by atoms with Crippen molar-refractivity contribution in [3.05, 3.63) is 47.5 Å². The minimum absolute atomic E-state index is 0.0176. The average Bonchev–Trinajstić information content (AvgIpc) is 2.90. The molecule has 214 valence electrons. The zero-order valence-electron chi connectivity index (χ0n) is 25.6. The highest BCUT2D eigenvalue weighted by molar-refractivity contribution is 5.33. The Kier molecular flexibility index (Phi) is 5.79. The smallest absolute Gasteiger partial charge is 0.184 e. The number of benzene rings is 1. The third-order valence-electron chi connectivity index (χ3n) is 14.1. The van der Waals surface area contributed by atoms with Gasteiger partial charge in [0.25, 0.3) is 0 Å². The molecule has 7 rings (SSSR count). The zero-order valence-corrected chi connectivity index (χ0v) is 25.6. The van der Waals surface area contributed by atoms with Crippen molar-refractivity contribution in [2.24, 2.45) is 44.8 Å². The van der Waals surface area contributed by atoms with E-state index in [-0.39, 0.29) is 28.8 Å². The zero-order chi connectivity index (χ0) is 27.5. The van der Waals surface area contributed by atoms with Gasteiger partial charge in [-0.1, -0.05) is 76.6 Å². The quantitative estimate of drug-likeness (QED) is 0.338. The maximum absolute atomic E-state index is 6.78. The normalized spacial score (nSPS) is 52.3. The van der Waals surface area contributed by atoms with Crippen molar-refractivity contribution in [3.63, 3.8) is 0 Å². The molecule has 39 heavy (non-hydrogen) atoms. The lowest BCUT2D eigenvalue weighted by molar-refractivity contribution is -0.318. The fraction of sp³-hybridized carbons (Fsp3) is 0.778. The molecule has 0 bridgehead atoms. The molecule has 3 nitrogen and oxygen atoms in total. The van der Waals surface area contributed by atoms with E-state index in [9.17, 15) is 0 Å². The van der Waals surface area contributed by atoms with Gasteiger partial charge in [0.1, 0.15) is 0 Å². The van der Waals surface area contributed by atoms with Gasteiger partial charge in [-0.25, -0.2) is 0 Å². The van der Waals surface area contributed by atoms with Crippen LogP contribution < -0.4 is 0 Å². The lowest BCUT2D eigenvalue weighted by Crippen LogP contribution is -2.66. The Morgan fingerprint density at radius 1 is 0.769 bits per heavy atom. The molecule has 1 aromatic rings. The SMILES string of the molecule is CC1(C)C[C@@H]2C3=CC[C@@H]4[C@@]5(C)CCC6OC(c7ccccc7)OC[C@@]6(C)C5CC[C@@]4(C)[C@]3(C)CC[C@@]2(C)CO1. The van der Waals surface area contributed by atoms with E-state index in [2.05, 4.69) is 84.9 Å². The monoisotopic (exact) mass is 532 g/mol. The van der Waals surface area contributed by atoms with Gasteiger partial charge in [-0.2, -0.15) is 0 Å². The van der Waals surface area contributed by atoms with Gasteiger partial charge in [0, 0.05) is 11.0 Å². The Balaban J connectivity index is 1.20. The molecule has 2 saturated heterocycles. The lowest BCUT2D eigenvalue weighted by Gasteiger charge is -2.72. The first kappa shape index (κ1) is 26.7. The van der Waals surface area contributed by atoms with Crippen LogP contribution in [0.15, 0.2) is 42.0 Å². The van der Waals surface area contributed by atoms with Gasteiger partial charge >= 0.3 is 0 Å². The van der Waals surface area contributed by atoms with Gasteiger partial charge in [-0.3, -0.25) is 0 Å². The Morgan fingerprint density at radius 3 is 2.31 bits per heavy atom. The van der Waals surface area contributed by atoms with Crippen LogP contribution in [0.25, 0.3) is 0 Å². The van der Waals surface area contributed by atoms with Crippen LogP contribution in [0.3, 0.4) is 0 Å². The topological polar surface area (TPSA) is 27.7 Å². The molecule has 2 aliphatic heterocycles. The molecule has 0 radical (unpaired) electrons. The summed E-state index contributed by atoms with van der Waals surface area (Å²) in [5.41, 5.74) is 4.28. The van der Waals surface area contributed by atoms with Gasteiger partial charge in [0.15, 0.2) is 6.29 Å². The fourth-order valence-electron chi connectivity index (χ4n) is 11.5. The molecule has 3 saturated carbocycles. The van der Waals surface area contributed by atoms with Crippen LogP contribution >= 0.6 is 0 Å². The number of rotatable bonds is 1. The summed E-state index contributed by atoms with van der Waals surface area (Å²) in [6.45, 7) is 19.5. The molecular weight excluding hydrogens is 480 g/mol. The van der Waals surface area contributed by atoms with E-state index in [1.165, 1.54) is 44.9 Å². The summed E-state index contributed by atoms with van der Waals surface area (Å²) < 4.78 is 19.7. The van der Waals surface area contributed by atoms with Crippen LogP contribution in [0.2, 0.25) is 0 Å². The number of hydrogen-bond acceptors (Lipinski definition) is 3. The highest BCUT2D eigenvalue weighted by atomic mass is 16.7. The van der Waals surface area contributed by atoms with E-state index in [4.69, 9.17) is 14.2 Å². The lowest BCUT2D eigenvalue weighted by atomic mass is 9.34. The molecule has 6 aliphatic rings. The van der Waals surface area contributed by atoms with Crippen molar-refractivity contribution >= 4 is 0 Å². The number of hydrogen-bond donors (Lipinski definition) is 0. The maximum atomic E-state index is 6.78. The van der Waals surface area contributed by atoms with Crippen LogP contribution in [0, 0.1) is 44.8 Å². The second-order valence-electron chi connectivity index (χ2n) is 16.5. The molecular formula is C36H52O3. The second kappa shape index (κ2) is 8.45. The summed E-state index contributed by atoms with van der Waals surface area (Å²) in [5.74, 6) is 2.03. The highest BCUT2D eigenvalue weighted by Crippen LogP contribution is 2.75. The van der Waals surface area contributed by atoms with Gasteiger partial charge < -0.3 is 14.2 Å². The second-order valence-corrected chi connectivity index (χ2v) is 16.5. The standard InChI is InChI=1S/C36H52O3/c1-31(2)21-26-25-13-14-28-33(4)17-16-29-34(5,23-37-30(39-29)24-11-9-8-10-12-24)27(33)15-18-36(28,7)35(25,6)20-19-32(26,3)22-38-31/h8-13,26-30H,14-23H2,1-7H3/t26-,27?,28-,29?,30?,32+,33+,34+,35-,36-/m1/s1.